The summed E-state index contributed by atoms with van der Waals surface area (Å²) in [4.78, 5) is 7.40. The molecule has 3 nitrogen and oxygen atoms in total. The van der Waals surface area contributed by atoms with Crippen LogP contribution in [0.4, 0.5) is 0 Å². The molecule has 1 aromatic heterocycles. The van der Waals surface area contributed by atoms with Gasteiger partial charge in [0.15, 0.2) is 0 Å². The molecule has 2 aromatic rings. The summed E-state index contributed by atoms with van der Waals surface area (Å²) in [7, 11) is 0. The van der Waals surface area contributed by atoms with E-state index >= 15 is 0 Å². The highest BCUT2D eigenvalue weighted by Gasteiger charge is 2.41. The molecule has 0 bridgehead atoms. The first-order chi connectivity index (χ1) is 7.30. The fourth-order valence-corrected chi connectivity index (χ4v) is 1.94. The van der Waals surface area contributed by atoms with Gasteiger partial charge in [0.25, 0.3) is 0 Å². The van der Waals surface area contributed by atoms with Gasteiger partial charge in [0.05, 0.1) is 0 Å². The van der Waals surface area contributed by atoms with Crippen molar-refractivity contribution < 1.29 is 0 Å². The normalized spacial score (nSPS) is 17.7. The first-order valence-corrected chi connectivity index (χ1v) is 5.18. The molecule has 3 rings (SSSR count). The predicted molar refractivity (Wildman–Crippen MR) is 59.1 cm³/mol. The van der Waals surface area contributed by atoms with Crippen molar-refractivity contribution in [2.45, 2.75) is 18.4 Å². The van der Waals surface area contributed by atoms with Crippen molar-refractivity contribution in [3.63, 3.8) is 0 Å². The Morgan fingerprint density at radius 2 is 2.07 bits per heavy atom. The quantitative estimate of drug-likeness (QED) is 0.777. The first-order valence-electron chi connectivity index (χ1n) is 5.18. The molecule has 1 saturated carbocycles. The maximum Gasteiger partial charge on any atom is 0.137 e. The highest BCUT2D eigenvalue weighted by atomic mass is 14.9. The highest BCUT2D eigenvalue weighted by molar-refractivity contribution is 5.63. The maximum absolute atomic E-state index is 6.23. The van der Waals surface area contributed by atoms with E-state index in [-0.39, 0.29) is 5.54 Å². The second-order valence-corrected chi connectivity index (χ2v) is 4.14. The van der Waals surface area contributed by atoms with Crippen molar-refractivity contribution in [2.24, 2.45) is 5.73 Å². The van der Waals surface area contributed by atoms with E-state index in [1.165, 1.54) is 5.56 Å². The van der Waals surface area contributed by atoms with Crippen molar-refractivity contribution in [3.05, 3.63) is 42.2 Å². The number of rotatable bonds is 2. The molecule has 0 radical (unpaired) electrons. The van der Waals surface area contributed by atoms with Crippen LogP contribution in [-0.4, -0.2) is 9.97 Å². The number of hydrogen-bond donors (Lipinski definition) is 2. The van der Waals surface area contributed by atoms with E-state index < -0.39 is 0 Å². The van der Waals surface area contributed by atoms with Crippen LogP contribution in [0.1, 0.15) is 18.4 Å². The number of imidazole rings is 1. The van der Waals surface area contributed by atoms with Gasteiger partial charge in [-0.05, 0) is 18.4 Å². The van der Waals surface area contributed by atoms with Crippen LogP contribution in [0.15, 0.2) is 36.7 Å². The molecule has 1 aliphatic carbocycles. The van der Waals surface area contributed by atoms with Gasteiger partial charge >= 0.3 is 0 Å². The van der Waals surface area contributed by atoms with Crippen LogP contribution in [0, 0.1) is 0 Å². The van der Waals surface area contributed by atoms with Gasteiger partial charge < -0.3 is 10.7 Å². The zero-order chi connectivity index (χ0) is 10.3. The van der Waals surface area contributed by atoms with Gasteiger partial charge in [-0.2, -0.15) is 0 Å². The second-order valence-electron chi connectivity index (χ2n) is 4.14. The van der Waals surface area contributed by atoms with E-state index in [0.717, 1.165) is 24.2 Å². The molecule has 1 fully saturated rings. The minimum Gasteiger partial charge on any atom is -0.345 e. The number of aromatic nitrogens is 2. The van der Waals surface area contributed by atoms with E-state index in [2.05, 4.69) is 22.1 Å². The summed E-state index contributed by atoms with van der Waals surface area (Å²) in [6.45, 7) is 0. The smallest absolute Gasteiger partial charge is 0.137 e. The lowest BCUT2D eigenvalue weighted by molar-refractivity contribution is 0.741. The molecule has 0 amide bonds. The van der Waals surface area contributed by atoms with Crippen molar-refractivity contribution in [2.75, 3.05) is 0 Å². The first kappa shape index (κ1) is 8.68. The SMILES string of the molecule is NC1(c2ccccc2-c2ncc[nH]2)CC1. The van der Waals surface area contributed by atoms with Gasteiger partial charge in [-0.3, -0.25) is 0 Å². The van der Waals surface area contributed by atoms with Crippen LogP contribution in [-0.2, 0) is 5.54 Å². The molecule has 0 saturated heterocycles. The molecule has 0 aliphatic heterocycles. The zero-order valence-electron chi connectivity index (χ0n) is 8.40. The molecule has 0 unspecified atom stereocenters. The molecule has 76 valence electrons. The van der Waals surface area contributed by atoms with Crippen LogP contribution >= 0.6 is 0 Å². The fourth-order valence-electron chi connectivity index (χ4n) is 1.94. The van der Waals surface area contributed by atoms with Gasteiger partial charge in [0.2, 0.25) is 0 Å². The Morgan fingerprint density at radius 3 is 2.73 bits per heavy atom. The number of nitrogens with one attached hydrogen (secondary N) is 1. The number of benzene rings is 1. The van der Waals surface area contributed by atoms with Gasteiger partial charge in [0.1, 0.15) is 5.82 Å². The summed E-state index contributed by atoms with van der Waals surface area (Å²) in [5, 5.41) is 0. The minimum absolute atomic E-state index is 0.108. The Balaban J connectivity index is 2.15. The summed E-state index contributed by atoms with van der Waals surface area (Å²) in [6, 6.07) is 8.23. The van der Waals surface area contributed by atoms with Crippen LogP contribution in [0.2, 0.25) is 0 Å². The number of hydrogen-bond acceptors (Lipinski definition) is 2. The number of nitrogens with two attached hydrogens (primary N) is 1. The summed E-state index contributed by atoms with van der Waals surface area (Å²) >= 11 is 0. The van der Waals surface area contributed by atoms with Crippen molar-refractivity contribution in [3.8, 4) is 11.4 Å². The topological polar surface area (TPSA) is 54.7 Å². The van der Waals surface area contributed by atoms with Crippen molar-refractivity contribution in [1.29, 1.82) is 0 Å². The summed E-state index contributed by atoms with van der Waals surface area (Å²) in [5.74, 6) is 0.905. The van der Waals surface area contributed by atoms with Crippen molar-refractivity contribution in [1.82, 2.24) is 9.97 Å². The summed E-state index contributed by atoms with van der Waals surface area (Å²) in [5.41, 5.74) is 8.46. The van der Waals surface area contributed by atoms with Crippen LogP contribution in [0.3, 0.4) is 0 Å². The lowest BCUT2D eigenvalue weighted by Crippen LogP contribution is -2.19. The third-order valence-electron chi connectivity index (χ3n) is 3.01. The molecule has 0 atom stereocenters. The third kappa shape index (κ3) is 1.36. The van der Waals surface area contributed by atoms with E-state index in [9.17, 15) is 0 Å². The van der Waals surface area contributed by atoms with Crippen LogP contribution in [0.5, 0.6) is 0 Å². The molecule has 1 heterocycles. The number of aromatic amines is 1. The Bertz CT molecular complexity index is 469. The Hall–Kier alpha value is -1.61. The molecular weight excluding hydrogens is 186 g/mol. The van der Waals surface area contributed by atoms with E-state index in [0.29, 0.717) is 0 Å². The van der Waals surface area contributed by atoms with Gasteiger partial charge in [-0.1, -0.05) is 24.3 Å². The van der Waals surface area contributed by atoms with Gasteiger partial charge in [0, 0.05) is 23.5 Å². The molecule has 3 N–H and O–H groups in total. The average Bonchev–Trinajstić information content (AvgIpc) is 2.84. The Labute approximate surface area is 88.3 Å². The van der Waals surface area contributed by atoms with Gasteiger partial charge in [-0.25, -0.2) is 4.98 Å². The Morgan fingerprint density at radius 1 is 1.27 bits per heavy atom. The molecule has 3 heteroatoms. The lowest BCUT2D eigenvalue weighted by Gasteiger charge is -2.13. The monoisotopic (exact) mass is 199 g/mol. The zero-order valence-corrected chi connectivity index (χ0v) is 8.40. The van der Waals surface area contributed by atoms with Crippen LogP contribution in [0.25, 0.3) is 11.4 Å². The van der Waals surface area contributed by atoms with E-state index in [1.54, 1.807) is 6.20 Å². The van der Waals surface area contributed by atoms with E-state index in [4.69, 9.17) is 5.73 Å². The summed E-state index contributed by atoms with van der Waals surface area (Å²) < 4.78 is 0. The summed E-state index contributed by atoms with van der Waals surface area (Å²) in [6.07, 6.45) is 5.75. The van der Waals surface area contributed by atoms with E-state index in [1.807, 2.05) is 18.3 Å². The average molecular weight is 199 g/mol. The molecule has 1 aliphatic rings. The van der Waals surface area contributed by atoms with Crippen LogP contribution < -0.4 is 5.73 Å². The third-order valence-corrected chi connectivity index (χ3v) is 3.01. The fraction of sp³-hybridized carbons (Fsp3) is 0.250. The Kier molecular flexibility index (Phi) is 1.70. The molecular formula is C12H13N3. The molecule has 15 heavy (non-hydrogen) atoms. The highest BCUT2D eigenvalue weighted by Crippen LogP contribution is 2.45. The molecule has 1 aromatic carbocycles. The maximum atomic E-state index is 6.23. The number of nitrogens with zero attached hydrogens (tertiary/aromatic N) is 1. The molecule has 0 spiro atoms. The predicted octanol–water partition coefficient (Wildman–Crippen LogP) is 2.02. The second kappa shape index (κ2) is 2.94. The number of H-pyrrole nitrogens is 1. The minimum atomic E-state index is -0.108. The standard InChI is InChI=1S/C12H13N3/c13-12(5-6-12)10-4-2-1-3-9(10)11-14-7-8-15-11/h1-4,7-8H,5-6,13H2,(H,14,15). The van der Waals surface area contributed by atoms with Gasteiger partial charge in [-0.15, -0.1) is 0 Å². The largest absolute Gasteiger partial charge is 0.345 e. The lowest BCUT2D eigenvalue weighted by atomic mass is 9.99. The van der Waals surface area contributed by atoms with Crippen molar-refractivity contribution >= 4 is 0 Å².